The number of imidazole rings is 1. The first-order valence-corrected chi connectivity index (χ1v) is 12.5. The average Bonchev–Trinajstić information content (AvgIpc) is 3.53. The Balaban J connectivity index is 1.32. The number of ether oxygens (including phenoxy) is 2. The average molecular weight is 478 g/mol. The molecule has 0 saturated heterocycles. The second-order valence-electron chi connectivity index (χ2n) is 7.50. The van der Waals surface area contributed by atoms with Crippen molar-refractivity contribution in [1.82, 2.24) is 9.55 Å². The Bertz CT molecular complexity index is 1210. The van der Waals surface area contributed by atoms with E-state index in [0.29, 0.717) is 31.3 Å². The van der Waals surface area contributed by atoms with E-state index >= 15 is 0 Å². The van der Waals surface area contributed by atoms with E-state index in [-0.39, 0.29) is 11.7 Å². The maximum absolute atomic E-state index is 13.4. The number of thioether (sulfide) groups is 1. The second kappa shape index (κ2) is 10.1. The van der Waals surface area contributed by atoms with Gasteiger partial charge in [-0.05, 0) is 29.1 Å². The highest BCUT2D eigenvalue weighted by Crippen LogP contribution is 2.35. The molecule has 1 amide bonds. The molecule has 168 valence electrons. The highest BCUT2D eigenvalue weighted by molar-refractivity contribution is 7.99. The molecule has 5 rings (SSSR count). The first kappa shape index (κ1) is 21.6. The van der Waals surface area contributed by atoms with E-state index in [2.05, 4.69) is 21.7 Å². The molecule has 1 aliphatic heterocycles. The molecular formula is C25H23N3O3S2. The molecule has 0 bridgehead atoms. The van der Waals surface area contributed by atoms with Gasteiger partial charge >= 0.3 is 0 Å². The lowest BCUT2D eigenvalue weighted by atomic mass is 10.2. The van der Waals surface area contributed by atoms with Crippen molar-refractivity contribution in [3.63, 3.8) is 0 Å². The smallest absolute Gasteiger partial charge is 0.237 e. The molecule has 2 aromatic heterocycles. The van der Waals surface area contributed by atoms with Crippen LogP contribution in [0.3, 0.4) is 0 Å². The van der Waals surface area contributed by atoms with Gasteiger partial charge in [-0.25, -0.2) is 4.98 Å². The van der Waals surface area contributed by atoms with E-state index in [1.807, 2.05) is 65.0 Å². The lowest BCUT2D eigenvalue weighted by Gasteiger charge is -2.25. The zero-order valence-electron chi connectivity index (χ0n) is 17.9. The third-order valence-corrected chi connectivity index (χ3v) is 7.08. The third kappa shape index (κ3) is 5.23. The van der Waals surface area contributed by atoms with E-state index in [1.165, 1.54) is 17.3 Å². The van der Waals surface area contributed by atoms with Crippen molar-refractivity contribution in [3.05, 3.63) is 88.9 Å². The fourth-order valence-electron chi connectivity index (χ4n) is 3.62. The minimum atomic E-state index is 0.0133. The van der Waals surface area contributed by atoms with Gasteiger partial charge in [-0.1, -0.05) is 48.2 Å². The molecule has 33 heavy (non-hydrogen) atoms. The summed E-state index contributed by atoms with van der Waals surface area (Å²) < 4.78 is 13.5. The monoisotopic (exact) mass is 477 g/mol. The molecule has 1 aliphatic rings. The van der Waals surface area contributed by atoms with E-state index in [0.717, 1.165) is 22.3 Å². The molecule has 6 nitrogen and oxygen atoms in total. The first-order valence-electron chi connectivity index (χ1n) is 10.7. The van der Waals surface area contributed by atoms with Gasteiger partial charge in [-0.15, -0.1) is 11.3 Å². The van der Waals surface area contributed by atoms with Crippen molar-refractivity contribution in [2.24, 2.45) is 0 Å². The Hall–Kier alpha value is -3.23. The standard InChI is InChI=1S/C25H23N3O3S2/c29-24(18-33-25-26-10-11-27(25)16-19-5-2-1-3-6-19)28(17-21-7-4-14-32-21)20-8-9-22-23(15-20)31-13-12-30-22/h1-11,14-15H,12-13,16-18H2. The summed E-state index contributed by atoms with van der Waals surface area (Å²) in [5.41, 5.74) is 1.99. The predicted octanol–water partition coefficient (Wildman–Crippen LogP) is 5.09. The van der Waals surface area contributed by atoms with E-state index in [4.69, 9.17) is 9.47 Å². The highest BCUT2D eigenvalue weighted by Gasteiger charge is 2.21. The maximum Gasteiger partial charge on any atom is 0.237 e. The second-order valence-corrected chi connectivity index (χ2v) is 9.47. The van der Waals surface area contributed by atoms with Gasteiger partial charge in [0, 0.05) is 35.6 Å². The Labute approximate surface area is 200 Å². The van der Waals surface area contributed by atoms with Gasteiger partial charge in [0.15, 0.2) is 16.7 Å². The van der Waals surface area contributed by atoms with Crippen LogP contribution in [0.25, 0.3) is 0 Å². The number of amides is 1. The molecule has 0 atom stereocenters. The van der Waals surface area contributed by atoms with E-state index in [9.17, 15) is 4.79 Å². The Morgan fingerprint density at radius 1 is 1.06 bits per heavy atom. The summed E-state index contributed by atoms with van der Waals surface area (Å²) in [5, 5.41) is 2.85. The zero-order chi connectivity index (χ0) is 22.5. The number of benzene rings is 2. The number of carbonyl (C=O) groups excluding carboxylic acids is 1. The lowest BCUT2D eigenvalue weighted by Crippen LogP contribution is -2.32. The third-order valence-electron chi connectivity index (χ3n) is 5.23. The van der Waals surface area contributed by atoms with Crippen LogP contribution >= 0.6 is 23.1 Å². The van der Waals surface area contributed by atoms with Gasteiger partial charge in [0.2, 0.25) is 5.91 Å². The minimum Gasteiger partial charge on any atom is -0.486 e. The summed E-state index contributed by atoms with van der Waals surface area (Å²) >= 11 is 3.09. The molecule has 0 N–H and O–H groups in total. The van der Waals surface area contributed by atoms with Crippen LogP contribution in [0.15, 0.2) is 83.6 Å². The molecule has 4 aromatic rings. The molecule has 2 aromatic carbocycles. The molecule has 0 saturated carbocycles. The molecule has 0 unspecified atom stereocenters. The van der Waals surface area contributed by atoms with Crippen LogP contribution in [0.2, 0.25) is 0 Å². The van der Waals surface area contributed by atoms with Crippen molar-refractivity contribution < 1.29 is 14.3 Å². The van der Waals surface area contributed by atoms with Crippen LogP contribution in [0.1, 0.15) is 10.4 Å². The van der Waals surface area contributed by atoms with Gasteiger partial charge in [0.05, 0.1) is 12.3 Å². The number of aromatic nitrogens is 2. The number of hydrogen-bond donors (Lipinski definition) is 0. The van der Waals surface area contributed by atoms with Crippen molar-refractivity contribution in [3.8, 4) is 11.5 Å². The number of rotatable bonds is 8. The molecular weight excluding hydrogens is 454 g/mol. The van der Waals surface area contributed by atoms with Crippen LogP contribution in [0.4, 0.5) is 5.69 Å². The summed E-state index contributed by atoms with van der Waals surface area (Å²) in [7, 11) is 0. The first-order chi connectivity index (χ1) is 16.3. The van der Waals surface area contributed by atoms with E-state index in [1.54, 1.807) is 17.5 Å². The number of nitrogens with zero attached hydrogens (tertiary/aromatic N) is 3. The molecule has 3 heterocycles. The Morgan fingerprint density at radius 3 is 2.73 bits per heavy atom. The molecule has 0 radical (unpaired) electrons. The summed E-state index contributed by atoms with van der Waals surface area (Å²) in [6.07, 6.45) is 3.73. The van der Waals surface area contributed by atoms with Crippen LogP contribution in [0.5, 0.6) is 11.5 Å². The van der Waals surface area contributed by atoms with Crippen molar-refractivity contribution in [2.45, 2.75) is 18.2 Å². The van der Waals surface area contributed by atoms with Crippen LogP contribution in [-0.2, 0) is 17.9 Å². The Kier molecular flexibility index (Phi) is 6.64. The largest absolute Gasteiger partial charge is 0.486 e. The van der Waals surface area contributed by atoms with Crippen molar-refractivity contribution in [2.75, 3.05) is 23.9 Å². The normalized spacial score (nSPS) is 12.5. The lowest BCUT2D eigenvalue weighted by molar-refractivity contribution is -0.116. The van der Waals surface area contributed by atoms with Crippen LogP contribution < -0.4 is 14.4 Å². The summed E-state index contributed by atoms with van der Waals surface area (Å²) in [6, 6.07) is 20.0. The van der Waals surface area contributed by atoms with Gasteiger partial charge in [-0.2, -0.15) is 0 Å². The molecule has 0 aliphatic carbocycles. The number of fused-ring (bicyclic) bond motifs is 1. The molecule has 8 heteroatoms. The number of thiophene rings is 1. The van der Waals surface area contributed by atoms with Gasteiger partial charge < -0.3 is 18.9 Å². The zero-order valence-corrected chi connectivity index (χ0v) is 19.6. The number of carbonyl (C=O) groups is 1. The summed E-state index contributed by atoms with van der Waals surface area (Å²) in [4.78, 5) is 20.8. The van der Waals surface area contributed by atoms with Gasteiger partial charge in [0.25, 0.3) is 0 Å². The van der Waals surface area contributed by atoms with Gasteiger partial charge in [0.1, 0.15) is 13.2 Å². The van der Waals surface area contributed by atoms with Crippen molar-refractivity contribution in [1.29, 1.82) is 0 Å². The topological polar surface area (TPSA) is 56.6 Å². The fraction of sp³-hybridized carbons (Fsp3) is 0.200. The molecule has 0 fully saturated rings. The predicted molar refractivity (Wildman–Crippen MR) is 131 cm³/mol. The van der Waals surface area contributed by atoms with Crippen LogP contribution in [-0.4, -0.2) is 34.4 Å². The Morgan fingerprint density at radius 2 is 1.91 bits per heavy atom. The van der Waals surface area contributed by atoms with E-state index < -0.39 is 0 Å². The highest BCUT2D eigenvalue weighted by atomic mass is 32.2. The number of hydrogen-bond acceptors (Lipinski definition) is 6. The quantitative estimate of drug-likeness (QED) is 0.331. The summed E-state index contributed by atoms with van der Waals surface area (Å²) in [6.45, 7) is 2.28. The van der Waals surface area contributed by atoms with Crippen molar-refractivity contribution >= 4 is 34.7 Å². The SMILES string of the molecule is O=C(CSc1nccn1Cc1ccccc1)N(Cc1cccs1)c1ccc2c(c1)OCCO2. The summed E-state index contributed by atoms with van der Waals surface area (Å²) in [5.74, 6) is 1.69. The van der Waals surface area contributed by atoms with Gasteiger partial charge in [-0.3, -0.25) is 4.79 Å². The number of anilines is 1. The van der Waals surface area contributed by atoms with Crippen LogP contribution in [0, 0.1) is 0 Å². The minimum absolute atomic E-state index is 0.0133. The maximum atomic E-state index is 13.4. The fourth-order valence-corrected chi connectivity index (χ4v) is 5.15. The molecule has 0 spiro atoms.